The van der Waals surface area contributed by atoms with Crippen LogP contribution in [-0.4, -0.2) is 42.4 Å². The molecule has 3 aliphatic heterocycles. The molecule has 1 aromatic rings. The molecule has 0 spiro atoms. The molecule has 2 atom stereocenters. The molecule has 6 nitrogen and oxygen atoms in total. The van der Waals surface area contributed by atoms with Crippen molar-refractivity contribution in [3.63, 3.8) is 0 Å². The first-order chi connectivity index (χ1) is 12.2. The van der Waals surface area contributed by atoms with E-state index in [-0.39, 0.29) is 24.3 Å². The van der Waals surface area contributed by atoms with E-state index in [4.69, 9.17) is 0 Å². The lowest BCUT2D eigenvalue weighted by atomic mass is 10.0. The second-order valence-corrected chi connectivity index (χ2v) is 6.80. The zero-order chi connectivity index (χ0) is 17.6. The van der Waals surface area contributed by atoms with Gasteiger partial charge in [-0.25, -0.2) is 0 Å². The molecule has 25 heavy (non-hydrogen) atoms. The summed E-state index contributed by atoms with van der Waals surface area (Å²) in [5.74, 6) is -0.570. The number of anilines is 1. The molecule has 3 heterocycles. The van der Waals surface area contributed by atoms with Crippen LogP contribution in [-0.2, 0) is 16.0 Å². The van der Waals surface area contributed by atoms with Crippen molar-refractivity contribution in [2.24, 2.45) is 5.92 Å². The SMILES string of the molecule is N#CC1CC2CN1C(=O)CNCCCCCc1ccc(cc1)NC2=O. The van der Waals surface area contributed by atoms with Gasteiger partial charge in [-0.1, -0.05) is 18.6 Å². The average molecular weight is 340 g/mol. The number of nitrogens with zero attached hydrogens (tertiary/aromatic N) is 2. The lowest BCUT2D eigenvalue weighted by molar-refractivity contribution is -0.130. The summed E-state index contributed by atoms with van der Waals surface area (Å²) in [6.45, 7) is 1.33. The van der Waals surface area contributed by atoms with Crippen LogP contribution in [0.25, 0.3) is 0 Å². The highest BCUT2D eigenvalue weighted by atomic mass is 16.2. The van der Waals surface area contributed by atoms with Gasteiger partial charge in [-0.3, -0.25) is 9.59 Å². The lowest BCUT2D eigenvalue weighted by Crippen LogP contribution is -2.41. The van der Waals surface area contributed by atoms with Gasteiger partial charge in [0.1, 0.15) is 6.04 Å². The van der Waals surface area contributed by atoms with E-state index in [2.05, 4.69) is 28.8 Å². The minimum atomic E-state index is -0.522. The molecule has 4 rings (SSSR count). The third-order valence-electron chi connectivity index (χ3n) is 4.96. The first-order valence-electron chi connectivity index (χ1n) is 8.97. The van der Waals surface area contributed by atoms with Gasteiger partial charge in [0.25, 0.3) is 0 Å². The number of fused-ring (bicyclic) bond motifs is 10. The van der Waals surface area contributed by atoms with Gasteiger partial charge in [-0.05, 0) is 49.9 Å². The van der Waals surface area contributed by atoms with Gasteiger partial charge in [0, 0.05) is 12.2 Å². The topological polar surface area (TPSA) is 85.2 Å². The summed E-state index contributed by atoms with van der Waals surface area (Å²) < 4.78 is 0. The third kappa shape index (κ3) is 4.37. The van der Waals surface area contributed by atoms with Crippen LogP contribution in [0.1, 0.15) is 31.2 Å². The van der Waals surface area contributed by atoms with Crippen LogP contribution in [0.5, 0.6) is 0 Å². The van der Waals surface area contributed by atoms with Gasteiger partial charge in [-0.15, -0.1) is 0 Å². The Hall–Kier alpha value is -2.39. The molecular weight excluding hydrogens is 316 g/mol. The second kappa shape index (κ2) is 8.13. The normalized spacial score (nSPS) is 25.3. The van der Waals surface area contributed by atoms with Gasteiger partial charge >= 0.3 is 0 Å². The van der Waals surface area contributed by atoms with Crippen molar-refractivity contribution >= 4 is 17.5 Å². The summed E-state index contributed by atoms with van der Waals surface area (Å²) in [7, 11) is 0. The Morgan fingerprint density at radius 3 is 2.68 bits per heavy atom. The highest BCUT2D eigenvalue weighted by Crippen LogP contribution is 2.24. The summed E-state index contributed by atoms with van der Waals surface area (Å²) in [4.78, 5) is 26.4. The molecule has 0 radical (unpaired) electrons. The molecule has 2 unspecified atom stereocenters. The van der Waals surface area contributed by atoms with Crippen molar-refractivity contribution in [2.45, 2.75) is 38.1 Å². The van der Waals surface area contributed by atoms with E-state index in [1.165, 1.54) is 5.56 Å². The van der Waals surface area contributed by atoms with E-state index in [1.807, 2.05) is 12.1 Å². The zero-order valence-corrected chi connectivity index (χ0v) is 14.3. The summed E-state index contributed by atoms with van der Waals surface area (Å²) in [5.41, 5.74) is 2.03. The second-order valence-electron chi connectivity index (χ2n) is 6.80. The van der Waals surface area contributed by atoms with E-state index in [1.54, 1.807) is 4.90 Å². The first-order valence-corrected chi connectivity index (χ1v) is 8.97. The Labute approximate surface area is 148 Å². The molecule has 3 aliphatic rings. The van der Waals surface area contributed by atoms with E-state index in [9.17, 15) is 14.9 Å². The number of carbonyl (C=O) groups excluding carboxylic acids is 2. The Balaban J connectivity index is 1.75. The number of nitriles is 1. The van der Waals surface area contributed by atoms with Crippen LogP contribution in [0.2, 0.25) is 0 Å². The fourth-order valence-corrected chi connectivity index (χ4v) is 3.48. The molecule has 1 saturated heterocycles. The van der Waals surface area contributed by atoms with Gasteiger partial charge in [0.2, 0.25) is 11.8 Å². The van der Waals surface area contributed by atoms with Crippen LogP contribution < -0.4 is 10.6 Å². The van der Waals surface area contributed by atoms with E-state index >= 15 is 0 Å². The van der Waals surface area contributed by atoms with Crippen LogP contribution in [0.15, 0.2) is 24.3 Å². The third-order valence-corrected chi connectivity index (χ3v) is 4.96. The number of benzene rings is 1. The number of aryl methyl sites for hydroxylation is 1. The van der Waals surface area contributed by atoms with Gasteiger partial charge in [0.15, 0.2) is 0 Å². The number of hydrogen-bond donors (Lipinski definition) is 2. The van der Waals surface area contributed by atoms with Crippen molar-refractivity contribution in [2.75, 3.05) is 25.0 Å². The lowest BCUT2D eigenvalue weighted by Gasteiger charge is -2.20. The van der Waals surface area contributed by atoms with E-state index in [0.717, 1.165) is 37.9 Å². The van der Waals surface area contributed by atoms with Gasteiger partial charge < -0.3 is 15.5 Å². The zero-order valence-electron chi connectivity index (χ0n) is 14.3. The molecule has 0 aromatic heterocycles. The fraction of sp³-hybridized carbons (Fsp3) is 0.526. The standard InChI is InChI=1S/C19H24N4O2/c20-11-17-10-15-13-23(17)18(24)12-21-9-3-1-2-4-14-5-7-16(8-6-14)22-19(15)25/h5-8,15,17,21H,1-4,9-10,12-13H2,(H,22,25). The molecule has 0 saturated carbocycles. The van der Waals surface area contributed by atoms with E-state index in [0.29, 0.717) is 13.0 Å². The summed E-state index contributed by atoms with van der Waals surface area (Å²) in [6.07, 6.45) is 4.65. The summed E-state index contributed by atoms with van der Waals surface area (Å²) in [5, 5.41) is 15.4. The Kier molecular flexibility index (Phi) is 5.67. The molecule has 4 bridgehead atoms. The molecular formula is C19H24N4O2. The van der Waals surface area contributed by atoms with Crippen LogP contribution in [0.4, 0.5) is 5.69 Å². The highest BCUT2D eigenvalue weighted by molar-refractivity contribution is 5.93. The number of nitrogens with one attached hydrogen (secondary N) is 2. The molecule has 6 heteroatoms. The smallest absolute Gasteiger partial charge is 0.237 e. The Morgan fingerprint density at radius 1 is 1.12 bits per heavy atom. The van der Waals surface area contributed by atoms with E-state index < -0.39 is 6.04 Å². The summed E-state index contributed by atoms with van der Waals surface area (Å²) >= 11 is 0. The predicted molar refractivity (Wildman–Crippen MR) is 94.7 cm³/mol. The number of hydrogen-bond acceptors (Lipinski definition) is 4. The Morgan fingerprint density at radius 2 is 1.92 bits per heavy atom. The molecule has 2 amide bonds. The fourth-order valence-electron chi connectivity index (χ4n) is 3.48. The van der Waals surface area contributed by atoms with Crippen LogP contribution in [0.3, 0.4) is 0 Å². The van der Waals surface area contributed by atoms with Crippen molar-refractivity contribution in [1.29, 1.82) is 5.26 Å². The monoisotopic (exact) mass is 340 g/mol. The highest BCUT2D eigenvalue weighted by Gasteiger charge is 2.38. The van der Waals surface area contributed by atoms with Gasteiger partial charge in [0.05, 0.1) is 18.5 Å². The van der Waals surface area contributed by atoms with Crippen molar-refractivity contribution in [3.05, 3.63) is 29.8 Å². The molecule has 0 aliphatic carbocycles. The van der Waals surface area contributed by atoms with Crippen LogP contribution >= 0.6 is 0 Å². The van der Waals surface area contributed by atoms with Crippen molar-refractivity contribution in [1.82, 2.24) is 10.2 Å². The molecule has 2 N–H and O–H groups in total. The van der Waals surface area contributed by atoms with Crippen molar-refractivity contribution in [3.8, 4) is 6.07 Å². The number of carbonyl (C=O) groups is 2. The Bertz CT molecular complexity index is 665. The predicted octanol–water partition coefficient (Wildman–Crippen LogP) is 1.68. The minimum absolute atomic E-state index is 0.102. The maximum absolute atomic E-state index is 12.5. The number of rotatable bonds is 0. The first kappa shape index (κ1) is 17.4. The molecule has 1 aromatic carbocycles. The van der Waals surface area contributed by atoms with Crippen LogP contribution in [0, 0.1) is 17.2 Å². The maximum Gasteiger partial charge on any atom is 0.237 e. The minimum Gasteiger partial charge on any atom is -0.326 e. The van der Waals surface area contributed by atoms with Gasteiger partial charge in [-0.2, -0.15) is 5.26 Å². The summed E-state index contributed by atoms with van der Waals surface area (Å²) in [6, 6.07) is 9.58. The molecule has 132 valence electrons. The largest absolute Gasteiger partial charge is 0.326 e. The quantitative estimate of drug-likeness (QED) is 0.752. The average Bonchev–Trinajstić information content (AvgIpc) is 3.06. The number of amides is 2. The van der Waals surface area contributed by atoms with Crippen molar-refractivity contribution < 1.29 is 9.59 Å². The maximum atomic E-state index is 12.5. The molecule has 1 fully saturated rings.